The highest BCUT2D eigenvalue weighted by Crippen LogP contribution is 2.45. The van der Waals surface area contributed by atoms with Crippen molar-refractivity contribution >= 4 is 0 Å². The largest absolute Gasteiger partial charge is 0.393 e. The average molecular weight is 252 g/mol. The van der Waals surface area contributed by atoms with E-state index in [1.54, 1.807) is 0 Å². The molecule has 0 aromatic rings. The summed E-state index contributed by atoms with van der Waals surface area (Å²) in [5.74, 6) is 2.26. The van der Waals surface area contributed by atoms with Gasteiger partial charge in [-0.1, -0.05) is 12.2 Å². The second-order valence-electron chi connectivity index (χ2n) is 6.03. The number of hydrogen-bond acceptors (Lipinski definition) is 3. The van der Waals surface area contributed by atoms with Gasteiger partial charge in [0.25, 0.3) is 0 Å². The number of ether oxygens (including phenoxy) is 2. The Balaban J connectivity index is 1.36. The summed E-state index contributed by atoms with van der Waals surface area (Å²) < 4.78 is 11.0. The second-order valence-corrected chi connectivity index (χ2v) is 6.03. The predicted octanol–water partition coefficient (Wildman–Crippen LogP) is 2.49. The molecule has 0 aromatic carbocycles. The molecule has 1 saturated carbocycles. The van der Waals surface area contributed by atoms with Gasteiger partial charge in [-0.15, -0.1) is 0 Å². The average Bonchev–Trinajstić information content (AvgIpc) is 3.00. The van der Waals surface area contributed by atoms with Crippen LogP contribution in [0, 0.1) is 17.8 Å². The summed E-state index contributed by atoms with van der Waals surface area (Å²) >= 11 is 0. The maximum absolute atomic E-state index is 10.1. The van der Waals surface area contributed by atoms with E-state index in [2.05, 4.69) is 12.2 Å². The van der Waals surface area contributed by atoms with Crippen LogP contribution in [-0.2, 0) is 9.47 Å². The zero-order chi connectivity index (χ0) is 12.4. The molecule has 2 aliphatic carbocycles. The summed E-state index contributed by atoms with van der Waals surface area (Å²) in [5, 5.41) is 10.1. The molecule has 1 aliphatic heterocycles. The Kier molecular flexibility index (Phi) is 4.02. The highest BCUT2D eigenvalue weighted by atomic mass is 16.7. The Morgan fingerprint density at radius 1 is 1.17 bits per heavy atom. The molecule has 0 radical (unpaired) electrons. The number of aliphatic hydroxyl groups excluding tert-OH is 1. The minimum absolute atomic E-state index is 0.0756. The van der Waals surface area contributed by atoms with E-state index in [1.165, 1.54) is 12.8 Å². The number of hydrogen-bond donors (Lipinski definition) is 1. The van der Waals surface area contributed by atoms with Crippen LogP contribution in [0.1, 0.15) is 38.5 Å². The summed E-state index contributed by atoms with van der Waals surface area (Å²) in [6.45, 7) is 1.61. The lowest BCUT2D eigenvalue weighted by Gasteiger charge is -2.25. The van der Waals surface area contributed by atoms with Crippen LogP contribution < -0.4 is 0 Å². The molecular formula is C15H24O3. The van der Waals surface area contributed by atoms with Gasteiger partial charge in [0.15, 0.2) is 6.29 Å². The molecule has 0 amide bonds. The molecule has 1 saturated heterocycles. The van der Waals surface area contributed by atoms with Crippen LogP contribution in [0.4, 0.5) is 0 Å². The summed E-state index contributed by atoms with van der Waals surface area (Å²) in [4.78, 5) is 0. The summed E-state index contributed by atoms with van der Waals surface area (Å²) in [7, 11) is 0. The van der Waals surface area contributed by atoms with Crippen molar-refractivity contribution in [2.24, 2.45) is 17.8 Å². The molecular weight excluding hydrogens is 228 g/mol. The number of fused-ring (bicyclic) bond motifs is 2. The van der Waals surface area contributed by atoms with Crippen LogP contribution in [0.15, 0.2) is 12.2 Å². The SMILES string of the molecule is OC(CCC1OCCCO1)CC1CC2C=CC1C2. The highest BCUT2D eigenvalue weighted by molar-refractivity contribution is 5.10. The highest BCUT2D eigenvalue weighted by Gasteiger charge is 2.36. The molecule has 102 valence electrons. The van der Waals surface area contributed by atoms with E-state index in [-0.39, 0.29) is 12.4 Å². The van der Waals surface area contributed by atoms with E-state index in [0.29, 0.717) is 5.92 Å². The Labute approximate surface area is 109 Å². The van der Waals surface area contributed by atoms with E-state index < -0.39 is 0 Å². The molecule has 2 fully saturated rings. The van der Waals surface area contributed by atoms with E-state index >= 15 is 0 Å². The van der Waals surface area contributed by atoms with Crippen molar-refractivity contribution in [1.82, 2.24) is 0 Å². The van der Waals surface area contributed by atoms with Gasteiger partial charge < -0.3 is 14.6 Å². The minimum atomic E-state index is -0.183. The van der Waals surface area contributed by atoms with Crippen molar-refractivity contribution < 1.29 is 14.6 Å². The van der Waals surface area contributed by atoms with Crippen molar-refractivity contribution in [3.8, 4) is 0 Å². The van der Waals surface area contributed by atoms with Crippen molar-refractivity contribution in [1.29, 1.82) is 0 Å². The van der Waals surface area contributed by atoms with Crippen LogP contribution in [-0.4, -0.2) is 30.7 Å². The molecule has 3 heteroatoms. The van der Waals surface area contributed by atoms with Crippen molar-refractivity contribution in [3.63, 3.8) is 0 Å². The molecule has 0 spiro atoms. The maximum atomic E-state index is 10.1. The molecule has 3 nitrogen and oxygen atoms in total. The fourth-order valence-corrected chi connectivity index (χ4v) is 3.66. The van der Waals surface area contributed by atoms with Crippen molar-refractivity contribution in [2.45, 2.75) is 50.9 Å². The topological polar surface area (TPSA) is 38.7 Å². The Hall–Kier alpha value is -0.380. The molecule has 4 atom stereocenters. The fraction of sp³-hybridized carbons (Fsp3) is 0.867. The molecule has 18 heavy (non-hydrogen) atoms. The zero-order valence-electron chi connectivity index (χ0n) is 11.0. The smallest absolute Gasteiger partial charge is 0.157 e. The Morgan fingerprint density at radius 2 is 2.00 bits per heavy atom. The van der Waals surface area contributed by atoms with Crippen molar-refractivity contribution in [2.75, 3.05) is 13.2 Å². The first-order chi connectivity index (χ1) is 8.81. The van der Waals surface area contributed by atoms with Gasteiger partial charge in [-0.25, -0.2) is 0 Å². The van der Waals surface area contributed by atoms with Gasteiger partial charge >= 0.3 is 0 Å². The van der Waals surface area contributed by atoms with Crippen LogP contribution >= 0.6 is 0 Å². The summed E-state index contributed by atoms with van der Waals surface area (Å²) in [5.41, 5.74) is 0. The Morgan fingerprint density at radius 3 is 2.67 bits per heavy atom. The van der Waals surface area contributed by atoms with Crippen LogP contribution in [0.3, 0.4) is 0 Å². The predicted molar refractivity (Wildman–Crippen MR) is 69.0 cm³/mol. The van der Waals surface area contributed by atoms with Gasteiger partial charge in [-0.2, -0.15) is 0 Å². The van der Waals surface area contributed by atoms with E-state index in [4.69, 9.17) is 9.47 Å². The minimum Gasteiger partial charge on any atom is -0.393 e. The summed E-state index contributed by atoms with van der Waals surface area (Å²) in [6.07, 6.45) is 10.7. The van der Waals surface area contributed by atoms with Gasteiger partial charge in [0.2, 0.25) is 0 Å². The number of aliphatic hydroxyl groups is 1. The van der Waals surface area contributed by atoms with Crippen molar-refractivity contribution in [3.05, 3.63) is 12.2 Å². The maximum Gasteiger partial charge on any atom is 0.157 e. The Bertz CT molecular complexity index is 296. The molecule has 2 bridgehead atoms. The van der Waals surface area contributed by atoms with Gasteiger partial charge in [-0.3, -0.25) is 0 Å². The third-order valence-corrected chi connectivity index (χ3v) is 4.62. The molecule has 3 rings (SSSR count). The van der Waals surface area contributed by atoms with Gasteiger partial charge in [0.1, 0.15) is 0 Å². The van der Waals surface area contributed by atoms with Crippen LogP contribution in [0.5, 0.6) is 0 Å². The quantitative estimate of drug-likeness (QED) is 0.764. The number of allylic oxidation sites excluding steroid dienone is 2. The standard InChI is InChI=1S/C15H24O3/c16-14(4-5-15-17-6-1-7-18-15)10-13-9-11-2-3-12(13)8-11/h2-3,11-16H,1,4-10H2. The van der Waals surface area contributed by atoms with E-state index in [0.717, 1.165) is 50.7 Å². The molecule has 3 aliphatic rings. The third-order valence-electron chi connectivity index (χ3n) is 4.62. The first kappa shape index (κ1) is 12.6. The molecule has 0 aromatic heterocycles. The van der Waals surface area contributed by atoms with Crippen LogP contribution in [0.25, 0.3) is 0 Å². The van der Waals surface area contributed by atoms with Gasteiger partial charge in [0, 0.05) is 6.42 Å². The van der Waals surface area contributed by atoms with E-state index in [9.17, 15) is 5.11 Å². The van der Waals surface area contributed by atoms with Gasteiger partial charge in [0.05, 0.1) is 19.3 Å². The zero-order valence-corrected chi connectivity index (χ0v) is 11.0. The number of rotatable bonds is 5. The first-order valence-electron chi connectivity index (χ1n) is 7.41. The normalized spacial score (nSPS) is 37.3. The second kappa shape index (κ2) is 5.72. The lowest BCUT2D eigenvalue weighted by Crippen LogP contribution is -2.26. The fourth-order valence-electron chi connectivity index (χ4n) is 3.66. The molecule has 4 unspecified atom stereocenters. The van der Waals surface area contributed by atoms with Gasteiger partial charge in [-0.05, 0) is 49.9 Å². The third kappa shape index (κ3) is 2.95. The summed E-state index contributed by atoms with van der Waals surface area (Å²) in [6, 6.07) is 0. The lowest BCUT2D eigenvalue weighted by molar-refractivity contribution is -0.183. The molecule has 1 N–H and O–H groups in total. The van der Waals surface area contributed by atoms with E-state index in [1.807, 2.05) is 0 Å². The lowest BCUT2D eigenvalue weighted by atomic mass is 9.87. The monoisotopic (exact) mass is 252 g/mol. The molecule has 1 heterocycles. The first-order valence-corrected chi connectivity index (χ1v) is 7.41. The van der Waals surface area contributed by atoms with Crippen LogP contribution in [0.2, 0.25) is 0 Å².